The van der Waals surface area contributed by atoms with Gasteiger partial charge in [-0.2, -0.15) is 17.0 Å². The van der Waals surface area contributed by atoms with Crippen LogP contribution in [0.1, 0.15) is 31.2 Å². The molecule has 3 rings (SSSR count). The minimum absolute atomic E-state index is 0. The summed E-state index contributed by atoms with van der Waals surface area (Å²) in [6, 6.07) is 9.84. The predicted molar refractivity (Wildman–Crippen MR) is 94.9 cm³/mol. The van der Waals surface area contributed by atoms with Gasteiger partial charge in [-0.25, -0.2) is 0 Å². The molecule has 2 aliphatic heterocycles. The average molecular weight is 360 g/mol. The molecule has 0 spiro atoms. The lowest BCUT2D eigenvalue weighted by Gasteiger charge is -2.32. The molecule has 0 amide bonds. The SMILES string of the molecule is CC1CCN(S(=O)(=O)N2C[C@@H](N)[C@H](c3ccccc3)C2)CC1.Cl. The lowest BCUT2D eigenvalue weighted by Crippen LogP contribution is -2.46. The van der Waals surface area contributed by atoms with E-state index in [-0.39, 0.29) is 24.4 Å². The minimum Gasteiger partial charge on any atom is -0.326 e. The summed E-state index contributed by atoms with van der Waals surface area (Å²) in [6.07, 6.45) is 1.89. The number of rotatable bonds is 3. The Hall–Kier alpha value is -0.660. The highest BCUT2D eigenvalue weighted by molar-refractivity contribution is 7.86. The molecule has 0 radical (unpaired) electrons. The summed E-state index contributed by atoms with van der Waals surface area (Å²) in [5.41, 5.74) is 7.35. The molecule has 130 valence electrons. The second-order valence-corrected chi connectivity index (χ2v) is 8.52. The Kier molecular flexibility index (Phi) is 6.08. The summed E-state index contributed by atoms with van der Waals surface area (Å²) in [7, 11) is -3.37. The van der Waals surface area contributed by atoms with Crippen LogP contribution in [0.2, 0.25) is 0 Å². The fourth-order valence-corrected chi connectivity index (χ4v) is 5.12. The van der Waals surface area contributed by atoms with E-state index in [0.29, 0.717) is 32.1 Å². The molecule has 1 aromatic rings. The Balaban J connectivity index is 0.00000192. The third kappa shape index (κ3) is 3.88. The van der Waals surface area contributed by atoms with Crippen LogP contribution < -0.4 is 5.73 Å². The van der Waals surface area contributed by atoms with Crippen LogP contribution in [0.3, 0.4) is 0 Å². The van der Waals surface area contributed by atoms with Crippen molar-refractivity contribution in [1.82, 2.24) is 8.61 Å². The third-order valence-corrected chi connectivity index (χ3v) is 6.92. The first-order valence-electron chi connectivity index (χ1n) is 8.04. The zero-order chi connectivity index (χ0) is 15.7. The van der Waals surface area contributed by atoms with Crippen molar-refractivity contribution < 1.29 is 8.42 Å². The van der Waals surface area contributed by atoms with Crippen molar-refractivity contribution in [2.45, 2.75) is 31.7 Å². The van der Waals surface area contributed by atoms with Gasteiger partial charge in [-0.3, -0.25) is 0 Å². The molecule has 0 unspecified atom stereocenters. The van der Waals surface area contributed by atoms with Gasteiger partial charge in [0.15, 0.2) is 0 Å². The average Bonchev–Trinajstić information content (AvgIpc) is 2.91. The van der Waals surface area contributed by atoms with E-state index >= 15 is 0 Å². The predicted octanol–water partition coefficient (Wildman–Crippen LogP) is 1.81. The van der Waals surface area contributed by atoms with Crippen molar-refractivity contribution >= 4 is 22.6 Å². The van der Waals surface area contributed by atoms with Crippen molar-refractivity contribution in [2.75, 3.05) is 26.2 Å². The summed E-state index contributed by atoms with van der Waals surface area (Å²) in [5.74, 6) is 0.698. The molecule has 2 fully saturated rings. The van der Waals surface area contributed by atoms with Crippen LogP contribution in [0.25, 0.3) is 0 Å². The molecule has 2 aliphatic rings. The van der Waals surface area contributed by atoms with E-state index in [1.165, 1.54) is 0 Å². The van der Waals surface area contributed by atoms with Crippen molar-refractivity contribution in [3.05, 3.63) is 35.9 Å². The number of halogens is 1. The minimum atomic E-state index is -3.37. The van der Waals surface area contributed by atoms with Gasteiger partial charge in [0.2, 0.25) is 0 Å². The van der Waals surface area contributed by atoms with Gasteiger partial charge in [-0.05, 0) is 24.3 Å². The monoisotopic (exact) mass is 359 g/mol. The number of benzene rings is 1. The Morgan fingerprint density at radius 2 is 1.65 bits per heavy atom. The highest BCUT2D eigenvalue weighted by Gasteiger charge is 2.40. The summed E-state index contributed by atoms with van der Waals surface area (Å²) in [6.45, 7) is 4.34. The quantitative estimate of drug-likeness (QED) is 0.895. The van der Waals surface area contributed by atoms with Crippen LogP contribution >= 0.6 is 12.4 Å². The highest BCUT2D eigenvalue weighted by atomic mass is 35.5. The van der Waals surface area contributed by atoms with Crippen LogP contribution in [0.15, 0.2) is 30.3 Å². The maximum atomic E-state index is 12.8. The summed E-state index contributed by atoms with van der Waals surface area (Å²) in [4.78, 5) is 0. The van der Waals surface area contributed by atoms with Crippen LogP contribution in [-0.4, -0.2) is 49.2 Å². The number of hydrogen-bond donors (Lipinski definition) is 1. The molecule has 5 nitrogen and oxygen atoms in total. The van der Waals surface area contributed by atoms with Crippen LogP contribution in [0, 0.1) is 5.92 Å². The van der Waals surface area contributed by atoms with Gasteiger partial charge < -0.3 is 5.73 Å². The molecular weight excluding hydrogens is 334 g/mol. The molecule has 2 N–H and O–H groups in total. The smallest absolute Gasteiger partial charge is 0.282 e. The van der Waals surface area contributed by atoms with Crippen molar-refractivity contribution in [2.24, 2.45) is 11.7 Å². The fourth-order valence-electron chi connectivity index (χ4n) is 3.41. The molecular formula is C16H26ClN3O2S. The summed E-state index contributed by atoms with van der Waals surface area (Å²) >= 11 is 0. The highest BCUT2D eigenvalue weighted by Crippen LogP contribution is 2.30. The molecule has 2 heterocycles. The Bertz CT molecular complexity index is 603. The van der Waals surface area contributed by atoms with Gasteiger partial charge in [0, 0.05) is 38.1 Å². The summed E-state index contributed by atoms with van der Waals surface area (Å²) < 4.78 is 28.8. The van der Waals surface area contributed by atoms with Crippen LogP contribution in [0.5, 0.6) is 0 Å². The van der Waals surface area contributed by atoms with Gasteiger partial charge in [-0.1, -0.05) is 37.3 Å². The lowest BCUT2D eigenvalue weighted by atomic mass is 9.95. The van der Waals surface area contributed by atoms with E-state index in [4.69, 9.17) is 5.73 Å². The Labute approximate surface area is 145 Å². The molecule has 2 saturated heterocycles. The maximum Gasteiger partial charge on any atom is 0.282 e. The maximum absolute atomic E-state index is 12.8. The normalized spacial score (nSPS) is 27.7. The van der Waals surface area contributed by atoms with Gasteiger partial charge in [0.05, 0.1) is 0 Å². The number of nitrogens with zero attached hydrogens (tertiary/aromatic N) is 2. The van der Waals surface area contributed by atoms with Gasteiger partial charge >= 0.3 is 0 Å². The van der Waals surface area contributed by atoms with Gasteiger partial charge in [0.1, 0.15) is 0 Å². The van der Waals surface area contributed by atoms with E-state index in [1.807, 2.05) is 30.3 Å². The zero-order valence-electron chi connectivity index (χ0n) is 13.5. The van der Waals surface area contributed by atoms with Crippen molar-refractivity contribution in [3.8, 4) is 0 Å². The van der Waals surface area contributed by atoms with Crippen LogP contribution in [0.4, 0.5) is 0 Å². The van der Waals surface area contributed by atoms with Crippen LogP contribution in [-0.2, 0) is 10.2 Å². The molecule has 2 atom stereocenters. The largest absolute Gasteiger partial charge is 0.326 e. The Morgan fingerprint density at radius 3 is 2.26 bits per heavy atom. The lowest BCUT2D eigenvalue weighted by molar-refractivity contribution is 0.270. The van der Waals surface area contributed by atoms with Gasteiger partial charge in [-0.15, -0.1) is 12.4 Å². The first-order valence-corrected chi connectivity index (χ1v) is 9.44. The van der Waals surface area contributed by atoms with Crippen molar-refractivity contribution in [3.63, 3.8) is 0 Å². The van der Waals surface area contributed by atoms with E-state index < -0.39 is 10.2 Å². The van der Waals surface area contributed by atoms with Gasteiger partial charge in [0.25, 0.3) is 10.2 Å². The molecule has 0 saturated carbocycles. The van der Waals surface area contributed by atoms with E-state index in [1.54, 1.807) is 8.61 Å². The zero-order valence-corrected chi connectivity index (χ0v) is 15.1. The fraction of sp³-hybridized carbons (Fsp3) is 0.625. The number of hydrogen-bond acceptors (Lipinski definition) is 3. The topological polar surface area (TPSA) is 66.6 Å². The second-order valence-electron chi connectivity index (χ2n) is 6.59. The standard InChI is InChI=1S/C16H25N3O2S.ClH/c1-13-7-9-18(10-8-13)22(20,21)19-11-15(16(17)12-19)14-5-3-2-4-6-14;/h2-6,13,15-16H,7-12,17H2,1H3;1H/t15-,16+;/m0./s1. The molecule has 1 aromatic carbocycles. The molecule has 7 heteroatoms. The molecule has 0 aliphatic carbocycles. The summed E-state index contributed by atoms with van der Waals surface area (Å²) in [5, 5.41) is 0. The van der Waals surface area contributed by atoms with E-state index in [9.17, 15) is 8.42 Å². The number of nitrogens with two attached hydrogens (primary N) is 1. The Morgan fingerprint density at radius 1 is 1.04 bits per heavy atom. The molecule has 0 bridgehead atoms. The second kappa shape index (κ2) is 7.49. The first kappa shape index (κ1) is 18.7. The van der Waals surface area contributed by atoms with E-state index in [2.05, 4.69) is 6.92 Å². The molecule has 0 aromatic heterocycles. The van der Waals surface area contributed by atoms with Crippen molar-refractivity contribution in [1.29, 1.82) is 0 Å². The molecule has 23 heavy (non-hydrogen) atoms. The first-order chi connectivity index (χ1) is 10.5. The van der Waals surface area contributed by atoms with E-state index in [0.717, 1.165) is 18.4 Å². The third-order valence-electron chi connectivity index (χ3n) is 4.95. The number of piperidine rings is 1.